The fourth-order valence-corrected chi connectivity index (χ4v) is 3.51. The molecule has 0 aromatic heterocycles. The molecule has 116 valence electrons. The smallest absolute Gasteiger partial charge is 0.223 e. The van der Waals surface area contributed by atoms with Gasteiger partial charge in [-0.2, -0.15) is 0 Å². The Kier molecular flexibility index (Phi) is 5.38. The minimum absolute atomic E-state index is 0.128. The maximum Gasteiger partial charge on any atom is 0.223 e. The highest BCUT2D eigenvalue weighted by Gasteiger charge is 2.34. The Hall–Kier alpha value is -0.940. The Labute approximate surface area is 133 Å². The quantitative estimate of drug-likeness (QED) is 0.898. The maximum absolute atomic E-state index is 13.3. The number of benzene rings is 1. The number of halogens is 2. The van der Waals surface area contributed by atoms with Gasteiger partial charge >= 0.3 is 0 Å². The van der Waals surface area contributed by atoms with Crippen molar-refractivity contribution < 1.29 is 9.18 Å². The molecule has 2 N–H and O–H groups in total. The Morgan fingerprint density at radius 3 is 2.81 bits per heavy atom. The first-order valence-corrected chi connectivity index (χ1v) is 8.19. The maximum atomic E-state index is 13.3. The van der Waals surface area contributed by atoms with Gasteiger partial charge in [0, 0.05) is 23.5 Å². The van der Waals surface area contributed by atoms with Gasteiger partial charge in [-0.25, -0.2) is 4.39 Å². The van der Waals surface area contributed by atoms with Gasteiger partial charge in [0.2, 0.25) is 5.91 Å². The first-order chi connectivity index (χ1) is 9.90. The van der Waals surface area contributed by atoms with E-state index in [0.717, 1.165) is 18.4 Å². The Bertz CT molecular complexity index is 521. The van der Waals surface area contributed by atoms with E-state index >= 15 is 0 Å². The van der Waals surface area contributed by atoms with Crippen LogP contribution in [0.4, 0.5) is 4.39 Å². The summed E-state index contributed by atoms with van der Waals surface area (Å²) in [7, 11) is 0. The first-order valence-electron chi connectivity index (χ1n) is 7.40. The third-order valence-corrected chi connectivity index (χ3v) is 4.52. The van der Waals surface area contributed by atoms with Crippen LogP contribution in [0.5, 0.6) is 0 Å². The molecule has 1 aliphatic rings. The molecule has 1 aromatic rings. The number of rotatable bonds is 3. The third kappa shape index (κ3) is 3.83. The summed E-state index contributed by atoms with van der Waals surface area (Å²) in [5, 5.41) is 0. The molecule has 21 heavy (non-hydrogen) atoms. The van der Waals surface area contributed by atoms with Crippen molar-refractivity contribution >= 4 is 21.8 Å². The number of hydrogen-bond acceptors (Lipinski definition) is 2. The molecular weight excluding hydrogens is 335 g/mol. The van der Waals surface area contributed by atoms with Crippen molar-refractivity contribution in [2.75, 3.05) is 6.54 Å². The van der Waals surface area contributed by atoms with Gasteiger partial charge in [0.25, 0.3) is 0 Å². The molecule has 0 spiro atoms. The minimum atomic E-state index is -0.297. The van der Waals surface area contributed by atoms with Crippen molar-refractivity contribution in [1.29, 1.82) is 0 Å². The van der Waals surface area contributed by atoms with E-state index in [-0.39, 0.29) is 23.8 Å². The predicted molar refractivity (Wildman–Crippen MR) is 85.2 cm³/mol. The monoisotopic (exact) mass is 356 g/mol. The van der Waals surface area contributed by atoms with E-state index in [1.807, 2.05) is 4.90 Å². The molecule has 0 saturated carbocycles. The standard InChI is InChI=1S/C16H22BrFN2O/c1-10(2)9-20-15(21)5-3-4-14(19)16(20)12-7-6-11(18)8-13(12)17/h6-8,10,14,16H,3-5,9,19H2,1-2H3. The van der Waals surface area contributed by atoms with Gasteiger partial charge in [0.05, 0.1) is 6.04 Å². The van der Waals surface area contributed by atoms with E-state index in [1.165, 1.54) is 12.1 Å². The van der Waals surface area contributed by atoms with Crippen LogP contribution in [0.15, 0.2) is 22.7 Å². The summed E-state index contributed by atoms with van der Waals surface area (Å²) in [4.78, 5) is 14.3. The van der Waals surface area contributed by atoms with Crippen LogP contribution < -0.4 is 5.73 Å². The van der Waals surface area contributed by atoms with Gasteiger partial charge in [0.1, 0.15) is 5.82 Å². The highest BCUT2D eigenvalue weighted by atomic mass is 79.9. The van der Waals surface area contributed by atoms with Crippen LogP contribution in [-0.4, -0.2) is 23.4 Å². The third-order valence-electron chi connectivity index (χ3n) is 3.83. The van der Waals surface area contributed by atoms with Crippen molar-refractivity contribution in [2.24, 2.45) is 11.7 Å². The van der Waals surface area contributed by atoms with Crippen LogP contribution in [0.25, 0.3) is 0 Å². The molecule has 1 saturated heterocycles. The lowest BCUT2D eigenvalue weighted by atomic mass is 9.95. The molecule has 2 unspecified atom stereocenters. The Morgan fingerprint density at radius 1 is 1.48 bits per heavy atom. The van der Waals surface area contributed by atoms with Crippen molar-refractivity contribution in [2.45, 2.75) is 45.2 Å². The van der Waals surface area contributed by atoms with Gasteiger partial charge in [-0.3, -0.25) is 4.79 Å². The number of carbonyl (C=O) groups is 1. The molecule has 2 rings (SSSR count). The average Bonchev–Trinajstić information content (AvgIpc) is 2.51. The van der Waals surface area contributed by atoms with E-state index in [0.29, 0.717) is 23.4 Å². The van der Waals surface area contributed by atoms with Gasteiger partial charge in [-0.1, -0.05) is 35.8 Å². The van der Waals surface area contributed by atoms with E-state index in [4.69, 9.17) is 5.73 Å². The second kappa shape index (κ2) is 6.88. The van der Waals surface area contributed by atoms with E-state index in [2.05, 4.69) is 29.8 Å². The van der Waals surface area contributed by atoms with Gasteiger partial charge < -0.3 is 10.6 Å². The first kappa shape index (κ1) is 16.4. The number of amides is 1. The second-order valence-corrected chi connectivity index (χ2v) is 6.96. The summed E-state index contributed by atoms with van der Waals surface area (Å²) in [6, 6.07) is 4.27. The van der Waals surface area contributed by atoms with E-state index in [1.54, 1.807) is 6.07 Å². The minimum Gasteiger partial charge on any atom is -0.334 e. The molecule has 1 aliphatic heterocycles. The number of likely N-dealkylation sites (tertiary alicyclic amines) is 1. The van der Waals surface area contributed by atoms with Crippen LogP contribution in [0.1, 0.15) is 44.7 Å². The predicted octanol–water partition coefficient (Wildman–Crippen LogP) is 3.63. The molecule has 5 heteroatoms. The average molecular weight is 357 g/mol. The molecule has 3 nitrogen and oxygen atoms in total. The van der Waals surface area contributed by atoms with Crippen LogP contribution in [0.3, 0.4) is 0 Å². The Morgan fingerprint density at radius 2 is 2.19 bits per heavy atom. The molecule has 0 aliphatic carbocycles. The van der Waals surface area contributed by atoms with Crippen LogP contribution in [0.2, 0.25) is 0 Å². The summed E-state index contributed by atoms with van der Waals surface area (Å²) in [6.07, 6.45) is 2.15. The molecule has 1 fully saturated rings. The summed E-state index contributed by atoms with van der Waals surface area (Å²) in [6.45, 7) is 4.84. The van der Waals surface area contributed by atoms with Gasteiger partial charge in [0.15, 0.2) is 0 Å². The van der Waals surface area contributed by atoms with E-state index in [9.17, 15) is 9.18 Å². The number of carbonyl (C=O) groups excluding carboxylic acids is 1. The zero-order valence-corrected chi connectivity index (χ0v) is 14.1. The normalized spacial score (nSPS) is 23.5. The lowest BCUT2D eigenvalue weighted by molar-refractivity contribution is -0.133. The lowest BCUT2D eigenvalue weighted by Gasteiger charge is -2.35. The number of nitrogens with two attached hydrogens (primary N) is 1. The number of nitrogens with zero attached hydrogens (tertiary/aromatic N) is 1. The van der Waals surface area contributed by atoms with Crippen molar-refractivity contribution in [3.63, 3.8) is 0 Å². The fraction of sp³-hybridized carbons (Fsp3) is 0.562. The SMILES string of the molecule is CC(C)CN1C(=O)CCCC(N)C1c1ccc(F)cc1Br. The van der Waals surface area contributed by atoms with E-state index < -0.39 is 0 Å². The largest absolute Gasteiger partial charge is 0.334 e. The van der Waals surface area contributed by atoms with Gasteiger partial charge in [-0.15, -0.1) is 0 Å². The summed E-state index contributed by atoms with van der Waals surface area (Å²) < 4.78 is 14.0. The summed E-state index contributed by atoms with van der Waals surface area (Å²) in [5.74, 6) is 0.202. The molecule has 1 heterocycles. The zero-order valence-electron chi connectivity index (χ0n) is 12.5. The lowest BCUT2D eigenvalue weighted by Crippen LogP contribution is -2.44. The molecule has 1 aromatic carbocycles. The highest BCUT2D eigenvalue weighted by molar-refractivity contribution is 9.10. The zero-order chi connectivity index (χ0) is 15.6. The van der Waals surface area contributed by atoms with Crippen molar-refractivity contribution in [1.82, 2.24) is 4.90 Å². The molecule has 1 amide bonds. The summed E-state index contributed by atoms with van der Waals surface area (Å²) in [5.41, 5.74) is 7.23. The van der Waals surface area contributed by atoms with Crippen LogP contribution in [-0.2, 0) is 4.79 Å². The molecular formula is C16H22BrFN2O. The fourth-order valence-electron chi connectivity index (χ4n) is 2.93. The second-order valence-electron chi connectivity index (χ2n) is 6.11. The van der Waals surface area contributed by atoms with Crippen molar-refractivity contribution in [3.05, 3.63) is 34.1 Å². The van der Waals surface area contributed by atoms with Crippen molar-refractivity contribution in [3.8, 4) is 0 Å². The molecule has 0 radical (unpaired) electrons. The highest BCUT2D eigenvalue weighted by Crippen LogP contribution is 2.35. The Balaban J connectivity index is 2.43. The number of hydrogen-bond donors (Lipinski definition) is 1. The summed E-state index contributed by atoms with van der Waals surface area (Å²) >= 11 is 3.42. The molecule has 2 atom stereocenters. The topological polar surface area (TPSA) is 46.3 Å². The van der Waals surface area contributed by atoms with Crippen LogP contribution >= 0.6 is 15.9 Å². The molecule has 0 bridgehead atoms. The van der Waals surface area contributed by atoms with Gasteiger partial charge in [-0.05, 0) is 36.5 Å². The van der Waals surface area contributed by atoms with Crippen LogP contribution in [0, 0.1) is 11.7 Å².